The SMILES string of the molecule is N#Cc1ccc(CNC(=O)[C@@H]2CCCN(C(=O)C3(N)CCCC3)C2)c(OC(F)(F)F)c1. The van der Waals surface area contributed by atoms with Crippen LogP contribution in [-0.4, -0.2) is 41.7 Å². The molecule has 1 aromatic rings. The van der Waals surface area contributed by atoms with Crippen molar-refractivity contribution in [1.29, 1.82) is 5.26 Å². The Labute approximate surface area is 178 Å². The normalized spacial score (nSPS) is 20.7. The van der Waals surface area contributed by atoms with Crippen molar-refractivity contribution in [3.8, 4) is 11.8 Å². The molecule has 0 radical (unpaired) electrons. The lowest BCUT2D eigenvalue weighted by Gasteiger charge is -2.37. The first-order valence-electron chi connectivity index (χ1n) is 10.3. The molecular weight excluding hydrogens is 413 g/mol. The van der Waals surface area contributed by atoms with Crippen LogP contribution in [0.15, 0.2) is 18.2 Å². The van der Waals surface area contributed by atoms with Crippen LogP contribution in [0.4, 0.5) is 13.2 Å². The third-order valence-electron chi connectivity index (χ3n) is 5.88. The van der Waals surface area contributed by atoms with Gasteiger partial charge in [-0.3, -0.25) is 9.59 Å². The minimum Gasteiger partial charge on any atom is -0.405 e. The van der Waals surface area contributed by atoms with Gasteiger partial charge in [-0.2, -0.15) is 5.26 Å². The Balaban J connectivity index is 1.63. The summed E-state index contributed by atoms with van der Waals surface area (Å²) in [6, 6.07) is 5.41. The maximum Gasteiger partial charge on any atom is 0.573 e. The molecular formula is C21H25F3N4O3. The van der Waals surface area contributed by atoms with Crippen LogP contribution in [0.1, 0.15) is 49.7 Å². The number of hydrogen-bond acceptors (Lipinski definition) is 5. The highest BCUT2D eigenvalue weighted by Gasteiger charge is 2.41. The van der Waals surface area contributed by atoms with E-state index in [4.69, 9.17) is 11.0 Å². The number of likely N-dealkylation sites (tertiary alicyclic amines) is 1. The summed E-state index contributed by atoms with van der Waals surface area (Å²) in [5.41, 5.74) is 5.51. The summed E-state index contributed by atoms with van der Waals surface area (Å²) in [6.07, 6.45) is -0.596. The molecule has 0 bridgehead atoms. The van der Waals surface area contributed by atoms with E-state index in [1.54, 1.807) is 11.0 Å². The van der Waals surface area contributed by atoms with Crippen LogP contribution in [0, 0.1) is 17.2 Å². The average molecular weight is 438 g/mol. The molecule has 1 atom stereocenters. The Hall–Kier alpha value is -2.80. The molecule has 31 heavy (non-hydrogen) atoms. The number of nitrogens with two attached hydrogens (primary N) is 1. The number of amides is 2. The first-order chi connectivity index (χ1) is 14.6. The fourth-order valence-corrected chi connectivity index (χ4v) is 4.23. The van der Waals surface area contributed by atoms with Gasteiger partial charge >= 0.3 is 6.36 Å². The van der Waals surface area contributed by atoms with Gasteiger partial charge < -0.3 is 20.7 Å². The number of benzene rings is 1. The van der Waals surface area contributed by atoms with Crippen molar-refractivity contribution < 1.29 is 27.5 Å². The molecule has 2 fully saturated rings. The fourth-order valence-electron chi connectivity index (χ4n) is 4.23. The van der Waals surface area contributed by atoms with E-state index in [1.165, 1.54) is 12.1 Å². The first-order valence-corrected chi connectivity index (χ1v) is 10.3. The van der Waals surface area contributed by atoms with Gasteiger partial charge in [0.1, 0.15) is 5.75 Å². The van der Waals surface area contributed by atoms with Crippen LogP contribution >= 0.6 is 0 Å². The zero-order valence-electron chi connectivity index (χ0n) is 17.0. The highest BCUT2D eigenvalue weighted by atomic mass is 19.4. The quantitative estimate of drug-likeness (QED) is 0.735. The van der Waals surface area contributed by atoms with E-state index in [9.17, 15) is 22.8 Å². The van der Waals surface area contributed by atoms with Gasteiger partial charge in [-0.05, 0) is 37.8 Å². The van der Waals surface area contributed by atoms with Crippen LogP contribution in [0.25, 0.3) is 0 Å². The molecule has 1 aliphatic carbocycles. The lowest BCUT2D eigenvalue weighted by atomic mass is 9.92. The predicted molar refractivity (Wildman–Crippen MR) is 104 cm³/mol. The second kappa shape index (κ2) is 9.14. The highest BCUT2D eigenvalue weighted by Crippen LogP contribution is 2.31. The number of nitrogens with one attached hydrogen (secondary N) is 1. The molecule has 0 spiro atoms. The minimum atomic E-state index is -4.92. The Morgan fingerprint density at radius 1 is 1.29 bits per heavy atom. The molecule has 3 N–H and O–H groups in total. The van der Waals surface area contributed by atoms with Gasteiger partial charge in [0.15, 0.2) is 0 Å². The van der Waals surface area contributed by atoms with E-state index in [0.717, 1.165) is 18.9 Å². The fraction of sp³-hybridized carbons (Fsp3) is 0.571. The molecule has 168 valence electrons. The van der Waals surface area contributed by atoms with Crippen molar-refractivity contribution in [2.24, 2.45) is 11.7 Å². The summed E-state index contributed by atoms with van der Waals surface area (Å²) < 4.78 is 42.1. The van der Waals surface area contributed by atoms with Gasteiger partial charge in [-0.1, -0.05) is 18.9 Å². The number of nitrogens with zero attached hydrogens (tertiary/aromatic N) is 2. The van der Waals surface area contributed by atoms with Crippen molar-refractivity contribution >= 4 is 11.8 Å². The Kier molecular flexibility index (Phi) is 6.74. The lowest BCUT2D eigenvalue weighted by Crippen LogP contribution is -2.56. The molecule has 3 rings (SSSR count). The van der Waals surface area contributed by atoms with Crippen LogP contribution in [0.3, 0.4) is 0 Å². The second-order valence-corrected chi connectivity index (χ2v) is 8.15. The van der Waals surface area contributed by atoms with Crippen molar-refractivity contribution in [1.82, 2.24) is 10.2 Å². The summed E-state index contributed by atoms with van der Waals surface area (Å²) in [5, 5.41) is 11.5. The van der Waals surface area contributed by atoms with E-state index < -0.39 is 23.6 Å². The zero-order chi connectivity index (χ0) is 22.6. The van der Waals surface area contributed by atoms with Gasteiger partial charge in [0.05, 0.1) is 23.1 Å². The summed E-state index contributed by atoms with van der Waals surface area (Å²) in [6.45, 7) is 0.588. The summed E-state index contributed by atoms with van der Waals surface area (Å²) >= 11 is 0. The minimum absolute atomic E-state index is 0.0124. The average Bonchev–Trinajstić information content (AvgIpc) is 3.18. The monoisotopic (exact) mass is 438 g/mol. The topological polar surface area (TPSA) is 108 Å². The van der Waals surface area contributed by atoms with E-state index in [0.29, 0.717) is 32.2 Å². The number of nitriles is 1. The molecule has 0 aromatic heterocycles. The first kappa shape index (κ1) is 22.9. The molecule has 1 saturated heterocycles. The third-order valence-corrected chi connectivity index (χ3v) is 5.88. The summed E-state index contributed by atoms with van der Waals surface area (Å²) in [5.74, 6) is -1.47. The van der Waals surface area contributed by atoms with Crippen LogP contribution in [-0.2, 0) is 16.1 Å². The maximum atomic E-state index is 12.8. The molecule has 1 aromatic carbocycles. The molecule has 1 heterocycles. The van der Waals surface area contributed by atoms with Gasteiger partial charge in [-0.15, -0.1) is 13.2 Å². The molecule has 7 nitrogen and oxygen atoms in total. The van der Waals surface area contributed by atoms with E-state index >= 15 is 0 Å². The van der Waals surface area contributed by atoms with Gasteiger partial charge in [0, 0.05) is 25.2 Å². The third kappa shape index (κ3) is 5.67. The van der Waals surface area contributed by atoms with Crippen molar-refractivity contribution in [2.45, 2.75) is 57.0 Å². The van der Waals surface area contributed by atoms with Crippen molar-refractivity contribution in [3.05, 3.63) is 29.3 Å². The van der Waals surface area contributed by atoms with E-state index in [-0.39, 0.29) is 36.0 Å². The molecule has 10 heteroatoms. The number of carbonyl (C=O) groups is 2. The van der Waals surface area contributed by atoms with Crippen LogP contribution in [0.5, 0.6) is 5.75 Å². The number of piperidine rings is 1. The highest BCUT2D eigenvalue weighted by molar-refractivity contribution is 5.87. The molecule has 2 aliphatic rings. The largest absolute Gasteiger partial charge is 0.573 e. The molecule has 2 amide bonds. The number of alkyl halides is 3. The van der Waals surface area contributed by atoms with Crippen molar-refractivity contribution in [3.63, 3.8) is 0 Å². The van der Waals surface area contributed by atoms with Crippen molar-refractivity contribution in [2.75, 3.05) is 13.1 Å². The van der Waals surface area contributed by atoms with Gasteiger partial charge in [0.2, 0.25) is 11.8 Å². The number of hydrogen-bond donors (Lipinski definition) is 2. The second-order valence-electron chi connectivity index (χ2n) is 8.15. The summed E-state index contributed by atoms with van der Waals surface area (Å²) in [7, 11) is 0. The Morgan fingerprint density at radius 3 is 2.65 bits per heavy atom. The maximum absolute atomic E-state index is 12.8. The summed E-state index contributed by atoms with van der Waals surface area (Å²) in [4.78, 5) is 27.1. The number of carbonyl (C=O) groups excluding carboxylic acids is 2. The van der Waals surface area contributed by atoms with E-state index in [1.807, 2.05) is 0 Å². The van der Waals surface area contributed by atoms with Gasteiger partial charge in [0.25, 0.3) is 0 Å². The van der Waals surface area contributed by atoms with Crippen LogP contribution in [0.2, 0.25) is 0 Å². The lowest BCUT2D eigenvalue weighted by molar-refractivity contribution is -0.274. The number of ether oxygens (including phenoxy) is 1. The number of rotatable bonds is 5. The van der Waals surface area contributed by atoms with Crippen LogP contribution < -0.4 is 15.8 Å². The smallest absolute Gasteiger partial charge is 0.405 e. The standard InChI is InChI=1S/C21H25F3N4O3/c22-21(23,24)31-17-10-14(11-25)5-6-15(17)12-27-18(29)16-4-3-9-28(13-16)19(30)20(26)7-1-2-8-20/h5-6,10,16H,1-4,7-9,12-13,26H2,(H,27,29)/t16-/m1/s1. The van der Waals surface area contributed by atoms with E-state index in [2.05, 4.69) is 10.1 Å². The molecule has 1 saturated carbocycles. The molecule has 0 unspecified atom stereocenters. The Morgan fingerprint density at radius 2 is 2.00 bits per heavy atom. The Bertz CT molecular complexity index is 876. The van der Waals surface area contributed by atoms with Gasteiger partial charge in [-0.25, -0.2) is 0 Å². The molecule has 1 aliphatic heterocycles. The number of halogens is 3. The predicted octanol–water partition coefficient (Wildman–Crippen LogP) is 2.58. The zero-order valence-corrected chi connectivity index (χ0v) is 17.0.